The number of nitrogens with zero attached hydrogens (tertiary/aromatic N) is 4. The van der Waals surface area contributed by atoms with Crippen LogP contribution in [0, 0.1) is 0 Å². The first-order valence-electron chi connectivity index (χ1n) is 12.3. The van der Waals surface area contributed by atoms with Crippen molar-refractivity contribution in [2.45, 2.75) is 30.5 Å². The second-order valence-electron chi connectivity index (χ2n) is 9.04. The molecule has 0 amide bonds. The fraction of sp³-hybridized carbons (Fsp3) is 0.320. The lowest BCUT2D eigenvalue weighted by atomic mass is 9.96. The molecule has 3 heterocycles. The first-order valence-corrected chi connectivity index (χ1v) is 13.7. The second-order valence-corrected chi connectivity index (χ2v) is 10.6. The Bertz CT molecular complexity index is 1520. The van der Waals surface area contributed by atoms with Crippen molar-refractivity contribution in [3.63, 3.8) is 0 Å². The van der Waals surface area contributed by atoms with E-state index in [1.807, 2.05) is 0 Å². The number of alkyl halides is 2. The van der Waals surface area contributed by atoms with Gasteiger partial charge < -0.3 is 39.2 Å². The number of phosphoric ester groups is 1. The standard InChI is InChI=1S/C25H26F2N5O9P/c1-36-14-3-7-16(8-4-14)40-42(35,41-17-9-5-15(37-2)6-10-17)38-11-25(24(26)27)20(34)19(33)23(39-25)32-13-31-22-18(32)21(28)29-12-30-22/h3-10,12-13,19-20,23-24,33-34H,11H2,1-2H3,(H2,28,29,30)/t19-,20+,23-,25-/m1/s1. The molecular formula is C25H26F2N5O9P. The minimum atomic E-state index is -4.76. The molecule has 1 saturated heterocycles. The maximum Gasteiger partial charge on any atom is 0.587 e. The number of hydrogen-bond donors (Lipinski definition) is 3. The predicted molar refractivity (Wildman–Crippen MR) is 141 cm³/mol. The topological polar surface area (TPSA) is 183 Å². The highest BCUT2D eigenvalue weighted by molar-refractivity contribution is 7.49. The number of benzene rings is 2. The van der Waals surface area contributed by atoms with Gasteiger partial charge in [0.15, 0.2) is 23.3 Å². The molecule has 4 N–H and O–H groups in total. The van der Waals surface area contributed by atoms with E-state index in [0.29, 0.717) is 11.5 Å². The second kappa shape index (κ2) is 11.7. The van der Waals surface area contributed by atoms with Crippen LogP contribution >= 0.6 is 7.82 Å². The molecular weight excluding hydrogens is 583 g/mol. The largest absolute Gasteiger partial charge is 0.587 e. The van der Waals surface area contributed by atoms with Crippen LogP contribution in [0.5, 0.6) is 23.0 Å². The molecule has 4 aromatic rings. The Labute approximate surface area is 237 Å². The van der Waals surface area contributed by atoms with E-state index < -0.39 is 44.9 Å². The maximum absolute atomic E-state index is 14.7. The number of methoxy groups -OCH3 is 2. The Morgan fingerprint density at radius 2 is 1.52 bits per heavy atom. The minimum Gasteiger partial charge on any atom is -0.497 e. The molecule has 0 aliphatic carbocycles. The quantitative estimate of drug-likeness (QED) is 0.211. The number of aliphatic hydroxyl groups excluding tert-OH is 2. The summed E-state index contributed by atoms with van der Waals surface area (Å²) in [5.41, 5.74) is 3.19. The SMILES string of the molecule is COc1ccc(OP(=O)(OC[C@@]2(C(F)F)O[C@@H](n3cnc4ncnc(N)c43)[C@H](O)[C@@H]2O)Oc2ccc(OC)cc2)cc1. The summed E-state index contributed by atoms with van der Waals surface area (Å²) in [6, 6.07) is 11.6. The highest BCUT2D eigenvalue weighted by Gasteiger charge is 2.62. The zero-order valence-electron chi connectivity index (χ0n) is 22.1. The molecule has 17 heteroatoms. The van der Waals surface area contributed by atoms with E-state index in [1.165, 1.54) is 62.8 Å². The van der Waals surface area contributed by atoms with Crippen molar-refractivity contribution in [2.75, 3.05) is 26.6 Å². The normalized spacial score (nSPS) is 22.4. The van der Waals surface area contributed by atoms with Crippen molar-refractivity contribution in [3.8, 4) is 23.0 Å². The third kappa shape index (κ3) is 5.54. The minimum absolute atomic E-state index is 0.00935. The van der Waals surface area contributed by atoms with Crippen LogP contribution in [0.1, 0.15) is 6.23 Å². The number of anilines is 1. The summed E-state index contributed by atoms with van der Waals surface area (Å²) in [6.07, 6.45) is -6.95. The summed E-state index contributed by atoms with van der Waals surface area (Å²) in [4.78, 5) is 11.8. The van der Waals surface area contributed by atoms with E-state index >= 15 is 0 Å². The molecule has 0 unspecified atom stereocenters. The molecule has 5 rings (SSSR count). The van der Waals surface area contributed by atoms with E-state index in [0.717, 1.165) is 17.2 Å². The summed E-state index contributed by atoms with van der Waals surface area (Å²) in [5, 5.41) is 21.7. The van der Waals surface area contributed by atoms with E-state index in [-0.39, 0.29) is 28.5 Å². The lowest BCUT2D eigenvalue weighted by molar-refractivity contribution is -0.192. The summed E-state index contributed by atoms with van der Waals surface area (Å²) in [6.45, 7) is -1.23. The Morgan fingerprint density at radius 3 is 2.05 bits per heavy atom. The highest BCUT2D eigenvalue weighted by Crippen LogP contribution is 2.52. The van der Waals surface area contributed by atoms with Crippen LogP contribution < -0.4 is 24.3 Å². The maximum atomic E-state index is 14.7. The van der Waals surface area contributed by atoms with Gasteiger partial charge in [0.25, 0.3) is 6.43 Å². The van der Waals surface area contributed by atoms with Gasteiger partial charge in [0.2, 0.25) is 0 Å². The summed E-state index contributed by atoms with van der Waals surface area (Å²) in [5.74, 6) is 0.839. The van der Waals surface area contributed by atoms with E-state index in [2.05, 4.69) is 15.0 Å². The number of halogens is 2. The van der Waals surface area contributed by atoms with Crippen LogP contribution in [-0.4, -0.2) is 74.8 Å². The van der Waals surface area contributed by atoms with Crippen LogP contribution in [0.3, 0.4) is 0 Å². The molecule has 1 aliphatic heterocycles. The van der Waals surface area contributed by atoms with Gasteiger partial charge in [-0.2, -0.15) is 0 Å². The summed E-state index contributed by atoms with van der Waals surface area (Å²) in [7, 11) is -1.87. The smallest absolute Gasteiger partial charge is 0.497 e. The van der Waals surface area contributed by atoms with E-state index in [4.69, 9.17) is 33.5 Å². The number of fused-ring (bicyclic) bond motifs is 1. The fourth-order valence-corrected chi connectivity index (χ4v) is 5.53. The van der Waals surface area contributed by atoms with Crippen LogP contribution in [0.4, 0.5) is 14.6 Å². The molecule has 0 radical (unpaired) electrons. The van der Waals surface area contributed by atoms with Crippen LogP contribution in [0.15, 0.2) is 61.2 Å². The molecule has 1 aliphatic rings. The Morgan fingerprint density at radius 1 is 0.976 bits per heavy atom. The Hall–Kier alpha value is -4.08. The van der Waals surface area contributed by atoms with Crippen molar-refractivity contribution < 1.29 is 51.3 Å². The van der Waals surface area contributed by atoms with Crippen LogP contribution in [-0.2, 0) is 13.8 Å². The van der Waals surface area contributed by atoms with Crippen molar-refractivity contribution in [1.29, 1.82) is 0 Å². The highest BCUT2D eigenvalue weighted by atomic mass is 31.2. The first-order chi connectivity index (χ1) is 20.1. The number of nitrogen functional groups attached to an aromatic ring is 1. The summed E-state index contributed by atoms with van der Waals surface area (Å²) >= 11 is 0. The lowest BCUT2D eigenvalue weighted by Gasteiger charge is -2.31. The predicted octanol–water partition coefficient (Wildman–Crippen LogP) is 2.96. The monoisotopic (exact) mass is 609 g/mol. The molecule has 0 spiro atoms. The van der Waals surface area contributed by atoms with Crippen molar-refractivity contribution in [1.82, 2.24) is 19.5 Å². The Balaban J connectivity index is 1.45. The lowest BCUT2D eigenvalue weighted by Crippen LogP contribution is -2.52. The molecule has 4 atom stereocenters. The number of hydrogen-bond acceptors (Lipinski definition) is 13. The third-order valence-corrected chi connectivity index (χ3v) is 7.81. The zero-order chi connectivity index (χ0) is 30.1. The van der Waals surface area contributed by atoms with Crippen molar-refractivity contribution in [2.24, 2.45) is 0 Å². The number of imidazole rings is 1. The number of ether oxygens (including phenoxy) is 3. The first kappa shape index (κ1) is 29.4. The van der Waals surface area contributed by atoms with Gasteiger partial charge in [0, 0.05) is 0 Å². The average molecular weight is 609 g/mol. The molecule has 0 saturated carbocycles. The van der Waals surface area contributed by atoms with Crippen molar-refractivity contribution in [3.05, 3.63) is 61.2 Å². The number of aromatic nitrogens is 4. The van der Waals surface area contributed by atoms with Gasteiger partial charge in [-0.15, -0.1) is 0 Å². The third-order valence-electron chi connectivity index (χ3n) is 6.50. The molecule has 0 bridgehead atoms. The number of phosphoric acid groups is 1. The van der Waals surface area contributed by atoms with Gasteiger partial charge in [-0.3, -0.25) is 9.09 Å². The van der Waals surface area contributed by atoms with Gasteiger partial charge in [-0.05, 0) is 48.5 Å². The van der Waals surface area contributed by atoms with Gasteiger partial charge in [-0.25, -0.2) is 28.3 Å². The molecule has 1 fully saturated rings. The van der Waals surface area contributed by atoms with E-state index in [1.54, 1.807) is 0 Å². The van der Waals surface area contributed by atoms with E-state index in [9.17, 15) is 23.6 Å². The van der Waals surface area contributed by atoms with Gasteiger partial charge in [0.1, 0.15) is 53.4 Å². The van der Waals surface area contributed by atoms with Gasteiger partial charge in [-0.1, -0.05) is 0 Å². The van der Waals surface area contributed by atoms with Gasteiger partial charge >= 0.3 is 7.82 Å². The van der Waals surface area contributed by atoms with Gasteiger partial charge in [0.05, 0.1) is 20.8 Å². The molecule has 2 aromatic carbocycles. The Kier molecular flexibility index (Phi) is 8.17. The molecule has 42 heavy (non-hydrogen) atoms. The number of aliphatic hydroxyl groups is 2. The molecule has 14 nitrogen and oxygen atoms in total. The fourth-order valence-electron chi connectivity index (χ4n) is 4.27. The zero-order valence-corrected chi connectivity index (χ0v) is 23.0. The molecule has 2 aromatic heterocycles. The van der Waals surface area contributed by atoms with Crippen molar-refractivity contribution >= 4 is 24.8 Å². The van der Waals surface area contributed by atoms with Crippen LogP contribution in [0.2, 0.25) is 0 Å². The average Bonchev–Trinajstić information content (AvgIpc) is 3.53. The van der Waals surface area contributed by atoms with Crippen LogP contribution in [0.25, 0.3) is 11.2 Å². The number of rotatable bonds is 11. The number of nitrogens with two attached hydrogens (primary N) is 1. The molecule has 224 valence electrons. The summed E-state index contributed by atoms with van der Waals surface area (Å²) < 4.78 is 76.5.